The van der Waals surface area contributed by atoms with E-state index in [-0.39, 0.29) is 17.6 Å². The lowest BCUT2D eigenvalue weighted by Gasteiger charge is -2.12. The van der Waals surface area contributed by atoms with Crippen molar-refractivity contribution in [1.82, 2.24) is 0 Å². The van der Waals surface area contributed by atoms with Gasteiger partial charge in [-0.3, -0.25) is 14.4 Å². The van der Waals surface area contributed by atoms with Gasteiger partial charge in [0.1, 0.15) is 11.5 Å². The van der Waals surface area contributed by atoms with E-state index in [4.69, 9.17) is 9.47 Å². The van der Waals surface area contributed by atoms with Crippen molar-refractivity contribution >= 4 is 29.0 Å². The largest absolute Gasteiger partial charge is 0.497 e. The topological polar surface area (TPSA) is 93.7 Å². The molecule has 2 aromatic carbocycles. The molecule has 1 saturated carbocycles. The number of methoxy groups -OCH3 is 2. The number of carbonyl (C=O) groups is 3. The molecule has 1 aliphatic rings. The Kier molecular flexibility index (Phi) is 5.63. The van der Waals surface area contributed by atoms with Crippen molar-refractivity contribution in [2.24, 2.45) is 11.8 Å². The summed E-state index contributed by atoms with van der Waals surface area (Å²) in [5.41, 5.74) is 1.55. The quantitative estimate of drug-likeness (QED) is 0.718. The van der Waals surface area contributed by atoms with Crippen LogP contribution >= 0.6 is 0 Å². The zero-order valence-corrected chi connectivity index (χ0v) is 15.9. The first kappa shape index (κ1) is 19.4. The molecule has 0 spiro atoms. The van der Waals surface area contributed by atoms with Gasteiger partial charge in [-0.15, -0.1) is 0 Å². The Morgan fingerprint density at radius 1 is 0.929 bits per heavy atom. The summed E-state index contributed by atoms with van der Waals surface area (Å²) in [6.45, 7) is 1.47. The van der Waals surface area contributed by atoms with Gasteiger partial charge in [-0.1, -0.05) is 12.1 Å². The number of carbonyl (C=O) groups excluding carboxylic acids is 3. The molecule has 0 bridgehead atoms. The Morgan fingerprint density at radius 3 is 2.29 bits per heavy atom. The number of rotatable bonds is 7. The van der Waals surface area contributed by atoms with Crippen molar-refractivity contribution in [2.75, 3.05) is 24.9 Å². The summed E-state index contributed by atoms with van der Waals surface area (Å²) in [6.07, 6.45) is 0.469. The normalized spacial score (nSPS) is 17.4. The maximum atomic E-state index is 12.5. The second-order valence-electron chi connectivity index (χ2n) is 6.63. The molecule has 28 heavy (non-hydrogen) atoms. The highest BCUT2D eigenvalue weighted by Crippen LogP contribution is 2.41. The van der Waals surface area contributed by atoms with Crippen LogP contribution in [0.15, 0.2) is 42.5 Å². The van der Waals surface area contributed by atoms with E-state index in [1.807, 2.05) is 0 Å². The summed E-state index contributed by atoms with van der Waals surface area (Å²) in [5.74, 6) is -0.275. The van der Waals surface area contributed by atoms with Crippen molar-refractivity contribution in [2.45, 2.75) is 13.3 Å². The van der Waals surface area contributed by atoms with Crippen LogP contribution in [0.25, 0.3) is 0 Å². The maximum absolute atomic E-state index is 12.5. The third kappa shape index (κ3) is 4.31. The van der Waals surface area contributed by atoms with Crippen LogP contribution in [0.4, 0.5) is 11.4 Å². The third-order valence-electron chi connectivity index (χ3n) is 4.67. The lowest BCUT2D eigenvalue weighted by Crippen LogP contribution is -2.21. The summed E-state index contributed by atoms with van der Waals surface area (Å²) in [7, 11) is 3.05. The summed E-state index contributed by atoms with van der Waals surface area (Å²) in [5, 5.41) is 5.58. The van der Waals surface area contributed by atoms with Crippen molar-refractivity contribution in [1.29, 1.82) is 0 Å². The number of ether oxygens (including phenoxy) is 2. The number of amides is 2. The summed E-state index contributed by atoms with van der Waals surface area (Å²) < 4.78 is 10.4. The van der Waals surface area contributed by atoms with Crippen LogP contribution in [0.5, 0.6) is 11.5 Å². The molecule has 0 heterocycles. The van der Waals surface area contributed by atoms with Gasteiger partial charge in [-0.05, 0) is 37.6 Å². The van der Waals surface area contributed by atoms with Gasteiger partial charge < -0.3 is 20.1 Å². The lowest BCUT2D eigenvalue weighted by atomic mass is 10.1. The van der Waals surface area contributed by atoms with E-state index in [2.05, 4.69) is 10.6 Å². The van der Waals surface area contributed by atoms with E-state index in [9.17, 15) is 14.4 Å². The van der Waals surface area contributed by atoms with Crippen LogP contribution in [-0.2, 0) is 9.59 Å². The smallest absolute Gasteiger partial charge is 0.228 e. The van der Waals surface area contributed by atoms with Gasteiger partial charge in [0.05, 0.1) is 31.7 Å². The monoisotopic (exact) mass is 382 g/mol. The molecule has 2 aromatic rings. The summed E-state index contributed by atoms with van der Waals surface area (Å²) >= 11 is 0. The van der Waals surface area contributed by atoms with Crippen LogP contribution in [0.2, 0.25) is 0 Å². The fourth-order valence-corrected chi connectivity index (χ4v) is 2.96. The van der Waals surface area contributed by atoms with Gasteiger partial charge in [0.25, 0.3) is 0 Å². The molecule has 2 N–H and O–H groups in total. The molecule has 0 radical (unpaired) electrons. The van der Waals surface area contributed by atoms with E-state index in [0.717, 1.165) is 0 Å². The molecule has 0 saturated heterocycles. The molecule has 3 rings (SSSR count). The average molecular weight is 382 g/mol. The van der Waals surface area contributed by atoms with Gasteiger partial charge in [-0.2, -0.15) is 0 Å². The Labute approximate surface area is 163 Å². The zero-order valence-electron chi connectivity index (χ0n) is 15.9. The first-order valence-corrected chi connectivity index (χ1v) is 8.87. The first-order chi connectivity index (χ1) is 13.4. The Morgan fingerprint density at radius 2 is 1.64 bits per heavy atom. The lowest BCUT2D eigenvalue weighted by molar-refractivity contribution is -0.122. The van der Waals surface area contributed by atoms with Gasteiger partial charge in [0, 0.05) is 17.3 Å². The van der Waals surface area contributed by atoms with Crippen molar-refractivity contribution in [3.05, 3.63) is 48.0 Å². The van der Waals surface area contributed by atoms with Gasteiger partial charge in [0.2, 0.25) is 11.8 Å². The molecule has 7 nitrogen and oxygen atoms in total. The number of anilines is 2. The van der Waals surface area contributed by atoms with Crippen molar-refractivity contribution in [3.8, 4) is 11.5 Å². The maximum Gasteiger partial charge on any atom is 0.228 e. The first-order valence-electron chi connectivity index (χ1n) is 8.87. The SMILES string of the molecule is COc1ccc(OC)c(NC(=O)C2CC2C(=O)Nc2cccc(C(C)=O)c2)c1. The van der Waals surface area contributed by atoms with Gasteiger partial charge in [0.15, 0.2) is 5.78 Å². The second-order valence-corrected chi connectivity index (χ2v) is 6.63. The predicted octanol–water partition coefficient (Wildman–Crippen LogP) is 3.12. The fourth-order valence-electron chi connectivity index (χ4n) is 2.96. The summed E-state index contributed by atoms with van der Waals surface area (Å²) in [4.78, 5) is 36.4. The highest BCUT2D eigenvalue weighted by Gasteiger charge is 2.48. The number of benzene rings is 2. The predicted molar refractivity (Wildman–Crippen MR) is 105 cm³/mol. The van der Waals surface area contributed by atoms with Crippen LogP contribution in [0.1, 0.15) is 23.7 Å². The molecule has 146 valence electrons. The standard InChI is InChI=1S/C21H22N2O5/c1-12(24)13-5-4-6-14(9-13)22-20(25)16-11-17(16)21(26)23-18-10-15(27-2)7-8-19(18)28-3/h4-10,16-17H,11H2,1-3H3,(H,22,25)(H,23,26). The fraction of sp³-hybridized carbons (Fsp3) is 0.286. The Hall–Kier alpha value is -3.35. The molecule has 2 atom stereocenters. The molecule has 0 aromatic heterocycles. The van der Waals surface area contributed by atoms with Gasteiger partial charge >= 0.3 is 0 Å². The average Bonchev–Trinajstić information content (AvgIpc) is 3.49. The molecule has 0 aliphatic heterocycles. The van der Waals surface area contributed by atoms with E-state index in [1.54, 1.807) is 42.5 Å². The number of Topliss-reactive ketones (excluding diaryl/α,β-unsaturated/α-hetero) is 1. The summed E-state index contributed by atoms with van der Waals surface area (Å²) in [6, 6.07) is 11.8. The van der Waals surface area contributed by atoms with E-state index >= 15 is 0 Å². The number of hydrogen-bond acceptors (Lipinski definition) is 5. The van der Waals surface area contributed by atoms with Crippen LogP contribution < -0.4 is 20.1 Å². The third-order valence-corrected chi connectivity index (χ3v) is 4.67. The number of ketones is 1. The Balaban J connectivity index is 1.62. The van der Waals surface area contributed by atoms with E-state index < -0.39 is 11.8 Å². The second kappa shape index (κ2) is 8.12. The zero-order chi connectivity index (χ0) is 20.3. The molecular formula is C21H22N2O5. The highest BCUT2D eigenvalue weighted by atomic mass is 16.5. The van der Waals surface area contributed by atoms with Crippen LogP contribution in [-0.4, -0.2) is 31.8 Å². The Bertz CT molecular complexity index is 925. The van der Waals surface area contributed by atoms with E-state index in [1.165, 1.54) is 21.1 Å². The molecular weight excluding hydrogens is 360 g/mol. The number of hydrogen-bond donors (Lipinski definition) is 2. The van der Waals surface area contributed by atoms with Gasteiger partial charge in [-0.25, -0.2) is 0 Å². The van der Waals surface area contributed by atoms with Crippen LogP contribution in [0, 0.1) is 11.8 Å². The molecule has 2 amide bonds. The van der Waals surface area contributed by atoms with Crippen LogP contribution in [0.3, 0.4) is 0 Å². The van der Waals surface area contributed by atoms with Crippen molar-refractivity contribution in [3.63, 3.8) is 0 Å². The minimum Gasteiger partial charge on any atom is -0.497 e. The van der Waals surface area contributed by atoms with E-state index in [0.29, 0.717) is 34.9 Å². The number of nitrogens with one attached hydrogen (secondary N) is 2. The molecule has 1 aliphatic carbocycles. The van der Waals surface area contributed by atoms with Crippen molar-refractivity contribution < 1.29 is 23.9 Å². The molecule has 1 fully saturated rings. The molecule has 2 unspecified atom stereocenters. The molecule has 7 heteroatoms. The highest BCUT2D eigenvalue weighted by molar-refractivity contribution is 6.04. The minimum atomic E-state index is -0.410. The minimum absolute atomic E-state index is 0.0768.